The minimum atomic E-state index is -1.45. The van der Waals surface area contributed by atoms with E-state index in [1.54, 1.807) is 0 Å². The summed E-state index contributed by atoms with van der Waals surface area (Å²) in [4.78, 5) is 39.8. The number of amides is 2. The van der Waals surface area contributed by atoms with E-state index in [4.69, 9.17) is 4.74 Å². The third-order valence-corrected chi connectivity index (χ3v) is 9.40. The Bertz CT molecular complexity index is 1060. The Labute approximate surface area is 218 Å². The second-order valence-corrected chi connectivity index (χ2v) is 11.8. The van der Waals surface area contributed by atoms with Gasteiger partial charge in [-0.2, -0.15) is 0 Å². The van der Waals surface area contributed by atoms with E-state index in [2.05, 4.69) is 26.1 Å². The topological polar surface area (TPSA) is 136 Å². The highest BCUT2D eigenvalue weighted by Crippen LogP contribution is 2.78. The van der Waals surface area contributed by atoms with Gasteiger partial charge in [0.25, 0.3) is 0 Å². The van der Waals surface area contributed by atoms with Crippen LogP contribution in [0.4, 0.5) is 0 Å². The molecule has 1 aliphatic heterocycles. The zero-order valence-corrected chi connectivity index (χ0v) is 22.2. The van der Waals surface area contributed by atoms with Gasteiger partial charge in [-0.15, -0.1) is 0 Å². The first kappa shape index (κ1) is 27.2. The van der Waals surface area contributed by atoms with Crippen molar-refractivity contribution in [2.24, 2.45) is 22.7 Å². The molecule has 4 rings (SSSR count). The third kappa shape index (κ3) is 5.15. The van der Waals surface area contributed by atoms with Gasteiger partial charge in [0.15, 0.2) is 11.5 Å². The molecule has 9 heteroatoms. The van der Waals surface area contributed by atoms with Gasteiger partial charge in [-0.1, -0.05) is 26.8 Å². The number of aliphatic hydroxyl groups excluding tert-OH is 1. The van der Waals surface area contributed by atoms with Crippen LogP contribution in [0.2, 0.25) is 0 Å². The normalized spacial score (nSPS) is 29.3. The van der Waals surface area contributed by atoms with E-state index in [0.717, 1.165) is 6.42 Å². The molecule has 0 bridgehead atoms. The monoisotopic (exact) mass is 516 g/mol. The molecule has 4 N–H and O–H groups in total. The summed E-state index contributed by atoms with van der Waals surface area (Å²) >= 11 is 0. The van der Waals surface area contributed by atoms with Crippen LogP contribution in [0.3, 0.4) is 0 Å². The van der Waals surface area contributed by atoms with Crippen LogP contribution >= 0.6 is 0 Å². The molecule has 9 nitrogen and oxygen atoms in total. The molecule has 1 aromatic carbocycles. The van der Waals surface area contributed by atoms with E-state index in [1.807, 2.05) is 0 Å². The molecule has 3 aliphatic rings. The van der Waals surface area contributed by atoms with Crippen LogP contribution in [0.25, 0.3) is 0 Å². The number of phenolic OH excluding ortho intramolecular Hbond substituents is 2. The van der Waals surface area contributed by atoms with Crippen LogP contribution in [0.1, 0.15) is 65.4 Å². The Morgan fingerprint density at radius 2 is 1.89 bits per heavy atom. The Morgan fingerprint density at radius 1 is 1.16 bits per heavy atom. The highest BCUT2D eigenvalue weighted by molar-refractivity contribution is 5.92. The Kier molecular flexibility index (Phi) is 7.48. The average Bonchev–Trinajstić information content (AvgIpc) is 3.26. The SMILES string of the molecule is C[C@H](NC(=O)[C@@H](O)Cc1ccc(O)c(O)c1)C(=O)N1CCC[C@H]1C(=O)OCCC1CCC2(C)C1C2(C)C. The number of phenols is 2. The zero-order chi connectivity index (χ0) is 27.1. The summed E-state index contributed by atoms with van der Waals surface area (Å²) in [5.74, 6) is -0.920. The zero-order valence-electron chi connectivity index (χ0n) is 22.2. The second-order valence-electron chi connectivity index (χ2n) is 11.8. The summed E-state index contributed by atoms with van der Waals surface area (Å²) in [6, 6.07) is 2.42. The number of rotatable bonds is 9. The minimum absolute atomic E-state index is 0.0998. The number of nitrogens with one attached hydrogen (secondary N) is 1. The van der Waals surface area contributed by atoms with Crippen molar-refractivity contribution in [2.75, 3.05) is 13.2 Å². The van der Waals surface area contributed by atoms with Gasteiger partial charge in [-0.3, -0.25) is 9.59 Å². The number of benzene rings is 1. The molecule has 1 saturated heterocycles. The Balaban J connectivity index is 1.24. The fourth-order valence-electron chi connectivity index (χ4n) is 6.98. The van der Waals surface area contributed by atoms with E-state index < -0.39 is 36.0 Å². The number of ether oxygens (including phenoxy) is 1. The van der Waals surface area contributed by atoms with Gasteiger partial charge < -0.3 is 30.3 Å². The number of esters is 1. The number of fused-ring (bicyclic) bond motifs is 1. The third-order valence-electron chi connectivity index (χ3n) is 9.40. The van der Waals surface area contributed by atoms with Crippen molar-refractivity contribution >= 4 is 17.8 Å². The standard InChI is InChI=1S/C28H40N2O7/c1-16(29-24(34)22(33)15-17-7-8-20(31)21(32)14-17)25(35)30-12-5-6-19(30)26(36)37-13-10-18-9-11-28(4)23(18)27(28,2)3/h7-8,14,16,18-19,22-23,31-33H,5-6,9-13,15H2,1-4H3,(H,29,34)/t16-,18?,19-,22-,23?,28?/m0/s1. The van der Waals surface area contributed by atoms with Gasteiger partial charge >= 0.3 is 5.97 Å². The van der Waals surface area contributed by atoms with Gasteiger partial charge in [-0.05, 0) is 79.4 Å². The first-order chi connectivity index (χ1) is 17.4. The average molecular weight is 517 g/mol. The highest BCUT2D eigenvalue weighted by atomic mass is 16.5. The van der Waals surface area contributed by atoms with E-state index >= 15 is 0 Å². The van der Waals surface area contributed by atoms with Crippen LogP contribution < -0.4 is 5.32 Å². The summed E-state index contributed by atoms with van der Waals surface area (Å²) < 4.78 is 5.62. The first-order valence-corrected chi connectivity index (χ1v) is 13.3. The molecule has 6 atom stereocenters. The Hall–Kier alpha value is -2.81. The highest BCUT2D eigenvalue weighted by Gasteiger charge is 2.72. The largest absolute Gasteiger partial charge is 0.504 e. The van der Waals surface area contributed by atoms with E-state index in [-0.39, 0.29) is 17.9 Å². The molecule has 1 heterocycles. The number of aliphatic hydroxyl groups is 1. The summed E-state index contributed by atoms with van der Waals surface area (Å²) in [6.45, 7) is 9.31. The minimum Gasteiger partial charge on any atom is -0.504 e. The molecular formula is C28H40N2O7. The van der Waals surface area contributed by atoms with Gasteiger partial charge in [0.05, 0.1) is 6.61 Å². The smallest absolute Gasteiger partial charge is 0.328 e. The van der Waals surface area contributed by atoms with Crippen molar-refractivity contribution in [2.45, 2.75) is 84.4 Å². The lowest BCUT2D eigenvalue weighted by Crippen LogP contribution is -2.52. The molecule has 0 aromatic heterocycles. The van der Waals surface area contributed by atoms with Crippen molar-refractivity contribution in [1.29, 1.82) is 0 Å². The van der Waals surface area contributed by atoms with E-state index in [0.29, 0.717) is 54.2 Å². The maximum Gasteiger partial charge on any atom is 0.328 e. The van der Waals surface area contributed by atoms with Gasteiger partial charge in [0.2, 0.25) is 11.8 Å². The fraction of sp³-hybridized carbons (Fsp3) is 0.679. The van der Waals surface area contributed by atoms with Gasteiger partial charge in [0.1, 0.15) is 18.2 Å². The maximum atomic E-state index is 13.1. The molecule has 0 radical (unpaired) electrons. The van der Waals surface area contributed by atoms with Crippen molar-refractivity contribution < 1.29 is 34.4 Å². The number of hydrogen-bond acceptors (Lipinski definition) is 7. The number of hydrogen-bond donors (Lipinski definition) is 4. The lowest BCUT2D eigenvalue weighted by atomic mass is 9.88. The van der Waals surface area contributed by atoms with Gasteiger partial charge in [-0.25, -0.2) is 4.79 Å². The van der Waals surface area contributed by atoms with Crippen LogP contribution in [-0.2, 0) is 25.5 Å². The van der Waals surface area contributed by atoms with Crippen LogP contribution in [-0.4, -0.2) is 69.3 Å². The first-order valence-electron chi connectivity index (χ1n) is 13.3. The predicted molar refractivity (Wildman–Crippen MR) is 136 cm³/mol. The molecule has 2 aliphatic carbocycles. The van der Waals surface area contributed by atoms with Crippen LogP contribution in [0.15, 0.2) is 18.2 Å². The van der Waals surface area contributed by atoms with Crippen molar-refractivity contribution in [3.05, 3.63) is 23.8 Å². The van der Waals surface area contributed by atoms with Gasteiger partial charge in [0, 0.05) is 13.0 Å². The molecule has 0 spiro atoms. The fourth-order valence-corrected chi connectivity index (χ4v) is 6.98. The lowest BCUT2D eigenvalue weighted by Gasteiger charge is -2.27. The molecule has 204 valence electrons. The number of nitrogens with zero attached hydrogens (tertiary/aromatic N) is 1. The molecule has 37 heavy (non-hydrogen) atoms. The molecule has 2 amide bonds. The maximum absolute atomic E-state index is 13.1. The van der Waals surface area contributed by atoms with E-state index in [1.165, 1.54) is 42.9 Å². The summed E-state index contributed by atoms with van der Waals surface area (Å²) in [5, 5.41) is 31.8. The summed E-state index contributed by atoms with van der Waals surface area (Å²) in [5.41, 5.74) is 1.22. The molecule has 3 fully saturated rings. The van der Waals surface area contributed by atoms with Crippen LogP contribution in [0.5, 0.6) is 11.5 Å². The predicted octanol–water partition coefficient (Wildman–Crippen LogP) is 2.50. The van der Waals surface area contributed by atoms with Crippen molar-refractivity contribution in [3.8, 4) is 11.5 Å². The van der Waals surface area contributed by atoms with E-state index in [9.17, 15) is 29.7 Å². The quantitative estimate of drug-likeness (QED) is 0.292. The number of carbonyl (C=O) groups excluding carboxylic acids is 3. The number of aromatic hydroxyl groups is 2. The number of carbonyl (C=O) groups is 3. The summed E-state index contributed by atoms with van der Waals surface area (Å²) in [7, 11) is 0. The number of likely N-dealkylation sites (tertiary alicyclic amines) is 1. The van der Waals surface area contributed by atoms with Crippen molar-refractivity contribution in [1.82, 2.24) is 10.2 Å². The Morgan fingerprint density at radius 3 is 2.54 bits per heavy atom. The van der Waals surface area contributed by atoms with Crippen LogP contribution in [0, 0.1) is 22.7 Å². The molecular weight excluding hydrogens is 476 g/mol. The summed E-state index contributed by atoms with van der Waals surface area (Å²) in [6.07, 6.45) is 2.90. The second kappa shape index (κ2) is 10.2. The lowest BCUT2D eigenvalue weighted by molar-refractivity contribution is -0.154. The molecule has 1 aromatic rings. The molecule has 2 saturated carbocycles. The molecule has 3 unspecified atom stereocenters. The van der Waals surface area contributed by atoms with Crippen molar-refractivity contribution in [3.63, 3.8) is 0 Å².